The number of ether oxygens (including phenoxy) is 3. The van der Waals surface area contributed by atoms with Crippen LogP contribution in [-0.2, 0) is 28.6 Å². The predicted octanol–water partition coefficient (Wildman–Crippen LogP) is 17.2. The number of carbonyl (C=O) groups excluding carboxylic acids is 3. The number of carbonyl (C=O) groups is 3. The van der Waals surface area contributed by atoms with Gasteiger partial charge in [-0.25, -0.2) is 0 Å². The second-order valence-electron chi connectivity index (χ2n) is 18.2. The van der Waals surface area contributed by atoms with Crippen LogP contribution in [0.3, 0.4) is 0 Å². The van der Waals surface area contributed by atoms with Crippen molar-refractivity contribution >= 4 is 17.9 Å². The lowest BCUT2D eigenvalue weighted by Gasteiger charge is -2.18. The summed E-state index contributed by atoms with van der Waals surface area (Å²) in [4.78, 5) is 37.4. The molecule has 6 heteroatoms. The van der Waals surface area contributed by atoms with Gasteiger partial charge < -0.3 is 14.2 Å². The zero-order valence-corrected chi connectivity index (χ0v) is 40.1. The maximum absolute atomic E-state index is 12.5. The smallest absolute Gasteiger partial charge is 0.306 e. The number of hydrogen-bond donors (Lipinski definition) is 0. The largest absolute Gasteiger partial charge is 0.462 e. The molecule has 1 unspecified atom stereocenters. The zero-order chi connectivity index (χ0) is 43.0. The molecule has 0 aliphatic carbocycles. The van der Waals surface area contributed by atoms with Crippen LogP contribution in [0.4, 0.5) is 0 Å². The molecule has 0 aromatic heterocycles. The molecule has 0 rings (SSSR count). The lowest BCUT2D eigenvalue weighted by Crippen LogP contribution is -2.30. The summed E-state index contributed by atoms with van der Waals surface area (Å²) >= 11 is 0. The zero-order valence-electron chi connectivity index (χ0n) is 40.1. The van der Waals surface area contributed by atoms with Crippen LogP contribution < -0.4 is 0 Å². The Bertz CT molecular complexity index is 874. The van der Waals surface area contributed by atoms with Crippen molar-refractivity contribution in [2.45, 2.75) is 309 Å². The lowest BCUT2D eigenvalue weighted by molar-refractivity contribution is -0.167. The fraction of sp³-hybridized carbons (Fsp3) is 0.943. The van der Waals surface area contributed by atoms with Gasteiger partial charge in [0.15, 0.2) is 6.10 Å². The van der Waals surface area contributed by atoms with Gasteiger partial charge in [0, 0.05) is 19.3 Å². The van der Waals surface area contributed by atoms with Gasteiger partial charge in [0.1, 0.15) is 13.2 Å². The predicted molar refractivity (Wildman–Crippen MR) is 252 cm³/mol. The highest BCUT2D eigenvalue weighted by Gasteiger charge is 2.19. The number of hydrogen-bond acceptors (Lipinski definition) is 6. The van der Waals surface area contributed by atoms with E-state index in [1.54, 1.807) is 0 Å². The van der Waals surface area contributed by atoms with Crippen LogP contribution in [0.5, 0.6) is 0 Å². The Morgan fingerprint density at radius 3 is 0.678 bits per heavy atom. The minimum absolute atomic E-state index is 0.0645. The van der Waals surface area contributed by atoms with Crippen LogP contribution in [0.15, 0.2) is 0 Å². The van der Waals surface area contributed by atoms with E-state index in [4.69, 9.17) is 14.2 Å². The van der Waals surface area contributed by atoms with Crippen molar-refractivity contribution in [2.75, 3.05) is 13.2 Å². The van der Waals surface area contributed by atoms with Crippen molar-refractivity contribution in [1.82, 2.24) is 0 Å². The molecular weight excluding hydrogens is 733 g/mol. The maximum atomic E-state index is 12.5. The Kier molecular flexibility index (Phi) is 47.7. The molecule has 1 atom stereocenters. The van der Waals surface area contributed by atoms with Gasteiger partial charge in [-0.1, -0.05) is 265 Å². The topological polar surface area (TPSA) is 78.9 Å². The molecule has 350 valence electrons. The molecule has 0 aromatic rings. The number of unbranched alkanes of at least 4 members (excludes halogenated alkanes) is 38. The van der Waals surface area contributed by atoms with E-state index in [9.17, 15) is 14.4 Å². The van der Waals surface area contributed by atoms with Gasteiger partial charge in [-0.15, -0.1) is 0 Å². The highest BCUT2D eigenvalue weighted by molar-refractivity contribution is 5.71. The van der Waals surface area contributed by atoms with Crippen LogP contribution in [0.25, 0.3) is 0 Å². The van der Waals surface area contributed by atoms with Crippen LogP contribution >= 0.6 is 0 Å². The fourth-order valence-electron chi connectivity index (χ4n) is 8.09. The summed E-state index contributed by atoms with van der Waals surface area (Å²) in [6.07, 6.45) is 53.2. The van der Waals surface area contributed by atoms with Crippen molar-refractivity contribution in [3.05, 3.63) is 0 Å². The van der Waals surface area contributed by atoms with E-state index in [2.05, 4.69) is 20.8 Å². The van der Waals surface area contributed by atoms with E-state index in [1.807, 2.05) is 0 Å². The molecule has 0 heterocycles. The fourth-order valence-corrected chi connectivity index (χ4v) is 8.09. The molecule has 0 aliphatic heterocycles. The summed E-state index contributed by atoms with van der Waals surface area (Å²) in [6.45, 7) is 6.55. The normalized spacial score (nSPS) is 11.8. The summed E-state index contributed by atoms with van der Waals surface area (Å²) in [6, 6.07) is 0. The SMILES string of the molecule is CCCCCCCCCCCCCCCCCCCCCCCCCCCCCCCC(=O)OCC(COC(=O)CCCCCCCC)OC(=O)CCCCCCCC. The van der Waals surface area contributed by atoms with Crippen LogP contribution in [0.2, 0.25) is 0 Å². The molecule has 0 saturated heterocycles. The van der Waals surface area contributed by atoms with E-state index in [1.165, 1.54) is 205 Å². The summed E-state index contributed by atoms with van der Waals surface area (Å²) in [5.41, 5.74) is 0. The van der Waals surface area contributed by atoms with Gasteiger partial charge in [0.25, 0.3) is 0 Å². The van der Waals surface area contributed by atoms with E-state index >= 15 is 0 Å². The maximum Gasteiger partial charge on any atom is 0.306 e. The van der Waals surface area contributed by atoms with Crippen molar-refractivity contribution in [3.8, 4) is 0 Å². The van der Waals surface area contributed by atoms with Crippen molar-refractivity contribution in [1.29, 1.82) is 0 Å². The Morgan fingerprint density at radius 2 is 0.458 bits per heavy atom. The minimum atomic E-state index is -0.756. The van der Waals surface area contributed by atoms with Gasteiger partial charge in [-0.3, -0.25) is 14.4 Å². The average Bonchev–Trinajstić information content (AvgIpc) is 3.23. The van der Waals surface area contributed by atoms with Crippen LogP contribution in [0.1, 0.15) is 303 Å². The number of rotatable bonds is 49. The third-order valence-electron chi connectivity index (χ3n) is 12.1. The van der Waals surface area contributed by atoms with Crippen molar-refractivity contribution in [3.63, 3.8) is 0 Å². The van der Waals surface area contributed by atoms with Gasteiger partial charge in [-0.05, 0) is 19.3 Å². The quantitative estimate of drug-likeness (QED) is 0.0345. The van der Waals surface area contributed by atoms with Gasteiger partial charge in [0.05, 0.1) is 0 Å². The van der Waals surface area contributed by atoms with Gasteiger partial charge in [-0.2, -0.15) is 0 Å². The monoisotopic (exact) mass is 835 g/mol. The molecule has 0 N–H and O–H groups in total. The molecule has 6 nitrogen and oxygen atoms in total. The molecule has 0 bridgehead atoms. The molecular formula is C53H102O6. The van der Waals surface area contributed by atoms with E-state index in [0.29, 0.717) is 19.3 Å². The first-order valence-electron chi connectivity index (χ1n) is 26.5. The third kappa shape index (κ3) is 47.3. The summed E-state index contributed by atoms with van der Waals surface area (Å²) < 4.78 is 16.6. The Balaban J connectivity index is 3.77. The second kappa shape index (κ2) is 49.1. The van der Waals surface area contributed by atoms with Gasteiger partial charge in [0.2, 0.25) is 0 Å². The summed E-state index contributed by atoms with van der Waals surface area (Å²) in [5, 5.41) is 0. The molecule has 0 radical (unpaired) electrons. The van der Waals surface area contributed by atoms with Crippen LogP contribution in [0, 0.1) is 0 Å². The third-order valence-corrected chi connectivity index (χ3v) is 12.1. The molecule has 0 aromatic carbocycles. The average molecular weight is 835 g/mol. The first kappa shape index (κ1) is 57.4. The second-order valence-corrected chi connectivity index (χ2v) is 18.2. The van der Waals surface area contributed by atoms with E-state index in [-0.39, 0.29) is 31.1 Å². The Labute approximate surface area is 368 Å². The molecule has 0 spiro atoms. The first-order chi connectivity index (χ1) is 29.0. The number of esters is 3. The minimum Gasteiger partial charge on any atom is -0.462 e. The highest BCUT2D eigenvalue weighted by Crippen LogP contribution is 2.17. The lowest BCUT2D eigenvalue weighted by atomic mass is 10.0. The highest BCUT2D eigenvalue weighted by atomic mass is 16.6. The molecule has 59 heavy (non-hydrogen) atoms. The van der Waals surface area contributed by atoms with Gasteiger partial charge >= 0.3 is 17.9 Å². The van der Waals surface area contributed by atoms with Crippen molar-refractivity contribution in [2.24, 2.45) is 0 Å². The standard InChI is InChI=1S/C53H102O6/c1-4-7-10-13-16-17-18-19-20-21-22-23-24-25-26-27-28-29-30-31-32-33-34-35-36-37-38-41-43-46-52(55)58-49-50(59-53(56)47-44-40-15-12-9-6-3)48-57-51(54)45-42-39-14-11-8-5-2/h50H,4-49H2,1-3H3. The molecule has 0 amide bonds. The molecule has 0 fully saturated rings. The van der Waals surface area contributed by atoms with Crippen molar-refractivity contribution < 1.29 is 28.6 Å². The van der Waals surface area contributed by atoms with Crippen LogP contribution in [-0.4, -0.2) is 37.2 Å². The summed E-state index contributed by atoms with van der Waals surface area (Å²) in [7, 11) is 0. The Morgan fingerprint density at radius 1 is 0.271 bits per heavy atom. The summed E-state index contributed by atoms with van der Waals surface area (Å²) in [5.74, 6) is -0.871. The Hall–Kier alpha value is -1.59. The van der Waals surface area contributed by atoms with E-state index < -0.39 is 6.10 Å². The first-order valence-corrected chi connectivity index (χ1v) is 26.5. The van der Waals surface area contributed by atoms with E-state index in [0.717, 1.165) is 57.8 Å². The molecule has 0 aliphatic rings. The molecule has 0 saturated carbocycles.